The van der Waals surface area contributed by atoms with Crippen molar-refractivity contribution in [3.8, 4) is 17.0 Å². The molecule has 0 aliphatic carbocycles. The third kappa shape index (κ3) is 4.44. The number of methoxy groups -OCH3 is 1. The summed E-state index contributed by atoms with van der Waals surface area (Å²) in [6.07, 6.45) is -0.701. The number of thiazole rings is 1. The molecule has 0 radical (unpaired) electrons. The zero-order valence-electron chi connectivity index (χ0n) is 12.4. The lowest BCUT2D eigenvalue weighted by molar-refractivity contribution is -0.152. The Labute approximate surface area is 132 Å². The van der Waals surface area contributed by atoms with Gasteiger partial charge in [-0.15, -0.1) is 11.3 Å². The van der Waals surface area contributed by atoms with Crippen LogP contribution in [-0.2, 0) is 14.3 Å². The van der Waals surface area contributed by atoms with Crippen LogP contribution >= 0.6 is 11.3 Å². The molecule has 0 aliphatic heterocycles. The molecule has 2 aromatic rings. The van der Waals surface area contributed by atoms with Crippen molar-refractivity contribution in [3.05, 3.63) is 29.6 Å². The van der Waals surface area contributed by atoms with Crippen LogP contribution in [0.25, 0.3) is 11.3 Å². The van der Waals surface area contributed by atoms with E-state index in [0.29, 0.717) is 17.5 Å². The molecule has 0 bridgehead atoms. The van der Waals surface area contributed by atoms with Crippen molar-refractivity contribution in [1.82, 2.24) is 4.98 Å². The second-order valence-corrected chi connectivity index (χ2v) is 5.41. The Kier molecular flexibility index (Phi) is 5.74. The molecular weight excluding hydrogens is 304 g/mol. The van der Waals surface area contributed by atoms with Crippen LogP contribution in [0.4, 0.5) is 5.13 Å². The Morgan fingerprint density at radius 3 is 2.91 bits per heavy atom. The molecule has 1 heterocycles. The molecule has 0 aliphatic rings. The molecule has 1 atom stereocenters. The number of anilines is 1. The van der Waals surface area contributed by atoms with Crippen LogP contribution in [0.15, 0.2) is 29.6 Å². The predicted octanol–water partition coefficient (Wildman–Crippen LogP) is 2.35. The molecule has 2 rings (SSSR count). The number of ether oxygens (including phenoxy) is 3. The number of hydrogen-bond acceptors (Lipinski definition) is 7. The second kappa shape index (κ2) is 7.77. The smallest absolute Gasteiger partial charge is 0.347 e. The number of esters is 1. The average Bonchev–Trinajstić information content (AvgIpc) is 2.94. The van der Waals surface area contributed by atoms with E-state index in [1.54, 1.807) is 20.1 Å². The molecule has 7 heteroatoms. The van der Waals surface area contributed by atoms with E-state index in [9.17, 15) is 4.79 Å². The Bertz CT molecular complexity index is 630. The van der Waals surface area contributed by atoms with Gasteiger partial charge in [-0.05, 0) is 19.1 Å². The van der Waals surface area contributed by atoms with E-state index < -0.39 is 12.1 Å². The molecule has 0 saturated carbocycles. The van der Waals surface area contributed by atoms with Gasteiger partial charge in [0.1, 0.15) is 12.4 Å². The number of benzene rings is 1. The molecule has 0 fully saturated rings. The molecular formula is C15H18N2O4S. The van der Waals surface area contributed by atoms with E-state index in [2.05, 4.69) is 4.98 Å². The Morgan fingerprint density at radius 1 is 1.41 bits per heavy atom. The summed E-state index contributed by atoms with van der Waals surface area (Å²) in [4.78, 5) is 16.0. The van der Waals surface area contributed by atoms with Crippen LogP contribution in [-0.4, -0.2) is 37.4 Å². The standard InChI is InChI=1S/C15H18N2O4S/c1-10(14(18)20-7-6-19-2)21-12-5-3-4-11(8-12)13-9-22-15(16)17-13/h3-5,8-10H,6-7H2,1-2H3,(H2,16,17). The number of carbonyl (C=O) groups excluding carboxylic acids is 1. The topological polar surface area (TPSA) is 83.7 Å². The highest BCUT2D eigenvalue weighted by Crippen LogP contribution is 2.26. The SMILES string of the molecule is COCCOC(=O)C(C)Oc1cccc(-c2csc(N)n2)c1. The fraction of sp³-hybridized carbons (Fsp3) is 0.333. The molecule has 1 aromatic carbocycles. The predicted molar refractivity (Wildman–Crippen MR) is 84.9 cm³/mol. The van der Waals surface area contributed by atoms with Gasteiger partial charge in [0.25, 0.3) is 0 Å². The van der Waals surface area contributed by atoms with Crippen molar-refractivity contribution in [3.63, 3.8) is 0 Å². The highest BCUT2D eigenvalue weighted by molar-refractivity contribution is 7.13. The minimum absolute atomic E-state index is 0.209. The van der Waals surface area contributed by atoms with Gasteiger partial charge < -0.3 is 19.9 Å². The second-order valence-electron chi connectivity index (χ2n) is 4.52. The summed E-state index contributed by atoms with van der Waals surface area (Å²) < 4.78 is 15.4. The first kappa shape index (κ1) is 16.3. The largest absolute Gasteiger partial charge is 0.479 e. The minimum atomic E-state index is -0.701. The van der Waals surface area contributed by atoms with Crippen LogP contribution < -0.4 is 10.5 Å². The first-order valence-electron chi connectivity index (χ1n) is 6.74. The summed E-state index contributed by atoms with van der Waals surface area (Å²) >= 11 is 1.37. The quantitative estimate of drug-likeness (QED) is 0.622. The summed E-state index contributed by atoms with van der Waals surface area (Å²) in [6.45, 7) is 2.21. The van der Waals surface area contributed by atoms with Crippen molar-refractivity contribution in [2.45, 2.75) is 13.0 Å². The van der Waals surface area contributed by atoms with E-state index in [0.717, 1.165) is 11.3 Å². The van der Waals surface area contributed by atoms with Crippen molar-refractivity contribution in [2.24, 2.45) is 0 Å². The third-order valence-corrected chi connectivity index (χ3v) is 3.50. The zero-order chi connectivity index (χ0) is 15.9. The lowest BCUT2D eigenvalue weighted by atomic mass is 10.1. The van der Waals surface area contributed by atoms with E-state index in [1.807, 2.05) is 23.6 Å². The fourth-order valence-electron chi connectivity index (χ4n) is 1.74. The number of nitrogens with zero attached hydrogens (tertiary/aromatic N) is 1. The van der Waals surface area contributed by atoms with E-state index in [1.165, 1.54) is 11.3 Å². The van der Waals surface area contributed by atoms with Crippen molar-refractivity contribution < 1.29 is 19.0 Å². The van der Waals surface area contributed by atoms with E-state index in [4.69, 9.17) is 19.9 Å². The maximum atomic E-state index is 11.8. The van der Waals surface area contributed by atoms with Gasteiger partial charge in [-0.3, -0.25) is 0 Å². The fourth-order valence-corrected chi connectivity index (χ4v) is 2.32. The normalized spacial score (nSPS) is 11.9. The number of hydrogen-bond donors (Lipinski definition) is 1. The number of aromatic nitrogens is 1. The van der Waals surface area contributed by atoms with Gasteiger partial charge in [-0.2, -0.15) is 0 Å². The van der Waals surface area contributed by atoms with Crippen molar-refractivity contribution in [1.29, 1.82) is 0 Å². The Balaban J connectivity index is 1.99. The molecule has 1 unspecified atom stereocenters. The third-order valence-electron chi connectivity index (χ3n) is 2.83. The van der Waals surface area contributed by atoms with Gasteiger partial charge in [-0.1, -0.05) is 12.1 Å². The van der Waals surface area contributed by atoms with Crippen LogP contribution in [0.5, 0.6) is 5.75 Å². The van der Waals surface area contributed by atoms with Gasteiger partial charge in [0.2, 0.25) is 0 Å². The highest BCUT2D eigenvalue weighted by Gasteiger charge is 2.16. The van der Waals surface area contributed by atoms with Crippen molar-refractivity contribution >= 4 is 22.4 Å². The number of carbonyl (C=O) groups is 1. The molecule has 0 saturated heterocycles. The van der Waals surface area contributed by atoms with Gasteiger partial charge in [-0.25, -0.2) is 9.78 Å². The number of rotatable bonds is 7. The van der Waals surface area contributed by atoms with Crippen LogP contribution in [0.3, 0.4) is 0 Å². The highest BCUT2D eigenvalue weighted by atomic mass is 32.1. The zero-order valence-corrected chi connectivity index (χ0v) is 13.3. The first-order valence-corrected chi connectivity index (χ1v) is 7.62. The molecule has 118 valence electrons. The monoisotopic (exact) mass is 322 g/mol. The summed E-state index contributed by atoms with van der Waals surface area (Å²) in [7, 11) is 1.55. The number of nitrogens with two attached hydrogens (primary N) is 1. The summed E-state index contributed by atoms with van der Waals surface area (Å²) in [5, 5.41) is 2.38. The summed E-state index contributed by atoms with van der Waals surface area (Å²) in [6, 6.07) is 7.33. The maximum Gasteiger partial charge on any atom is 0.347 e. The summed E-state index contributed by atoms with van der Waals surface area (Å²) in [5.41, 5.74) is 7.30. The van der Waals surface area contributed by atoms with E-state index in [-0.39, 0.29) is 6.61 Å². The van der Waals surface area contributed by atoms with Gasteiger partial charge in [0.05, 0.1) is 12.3 Å². The van der Waals surface area contributed by atoms with Gasteiger partial charge >= 0.3 is 5.97 Å². The lowest BCUT2D eigenvalue weighted by Crippen LogP contribution is -2.27. The average molecular weight is 322 g/mol. The number of nitrogen functional groups attached to an aromatic ring is 1. The maximum absolute atomic E-state index is 11.8. The molecule has 22 heavy (non-hydrogen) atoms. The van der Waals surface area contributed by atoms with Crippen molar-refractivity contribution in [2.75, 3.05) is 26.1 Å². The van der Waals surface area contributed by atoms with Crippen LogP contribution in [0.1, 0.15) is 6.92 Å². The molecule has 0 spiro atoms. The lowest BCUT2D eigenvalue weighted by Gasteiger charge is -2.14. The van der Waals surface area contributed by atoms with Gasteiger partial charge in [0.15, 0.2) is 11.2 Å². The Morgan fingerprint density at radius 2 is 2.23 bits per heavy atom. The molecule has 6 nitrogen and oxygen atoms in total. The van der Waals surface area contributed by atoms with Gasteiger partial charge in [0, 0.05) is 18.1 Å². The summed E-state index contributed by atoms with van der Waals surface area (Å²) in [5.74, 6) is 0.139. The van der Waals surface area contributed by atoms with Crippen LogP contribution in [0, 0.1) is 0 Å². The molecule has 0 amide bonds. The minimum Gasteiger partial charge on any atom is -0.479 e. The van der Waals surface area contributed by atoms with Crippen LogP contribution in [0.2, 0.25) is 0 Å². The Hall–Kier alpha value is -2.12. The van der Waals surface area contributed by atoms with E-state index >= 15 is 0 Å². The first-order chi connectivity index (χ1) is 10.6. The molecule has 2 N–H and O–H groups in total. The molecule has 1 aromatic heterocycles.